The molecule has 2 N–H and O–H groups in total. The Kier molecular flexibility index (Phi) is 3.28. The molecular weight excluding hydrogens is 204 g/mol. The van der Waals surface area contributed by atoms with Crippen molar-refractivity contribution >= 4 is 11.9 Å². The number of carbonyl (C=O) groups excluding carboxylic acids is 1. The van der Waals surface area contributed by atoms with E-state index in [0.29, 0.717) is 18.8 Å². The van der Waals surface area contributed by atoms with Crippen molar-refractivity contribution in [2.75, 3.05) is 5.32 Å². The van der Waals surface area contributed by atoms with Crippen molar-refractivity contribution in [1.29, 1.82) is 0 Å². The second-order valence-corrected chi connectivity index (χ2v) is 3.35. The summed E-state index contributed by atoms with van der Waals surface area (Å²) in [5, 5.41) is 2.67. The lowest BCUT2D eigenvalue weighted by molar-refractivity contribution is -0.116. The first kappa shape index (κ1) is 10.4. The van der Waals surface area contributed by atoms with Crippen molar-refractivity contribution in [3.05, 3.63) is 42.5 Å². The monoisotopic (exact) mass is 216 g/mol. The van der Waals surface area contributed by atoms with Gasteiger partial charge < -0.3 is 4.98 Å². The number of carbonyl (C=O) groups is 1. The molecule has 2 heterocycles. The SMILES string of the molecule is O=C(CCc1cccnc1)Nc1ncc[nH]1. The summed E-state index contributed by atoms with van der Waals surface area (Å²) in [7, 11) is 0. The summed E-state index contributed by atoms with van der Waals surface area (Å²) in [6, 6.07) is 3.81. The van der Waals surface area contributed by atoms with E-state index in [2.05, 4.69) is 20.3 Å². The zero-order chi connectivity index (χ0) is 11.2. The summed E-state index contributed by atoms with van der Waals surface area (Å²) in [4.78, 5) is 22.2. The largest absolute Gasteiger partial charge is 0.331 e. The number of aryl methyl sites for hydroxylation is 1. The summed E-state index contributed by atoms with van der Waals surface area (Å²) in [6.45, 7) is 0. The highest BCUT2D eigenvalue weighted by Crippen LogP contribution is 2.02. The fraction of sp³-hybridized carbons (Fsp3) is 0.182. The Labute approximate surface area is 92.9 Å². The van der Waals surface area contributed by atoms with Gasteiger partial charge in [-0.05, 0) is 18.1 Å². The molecule has 2 aromatic heterocycles. The van der Waals surface area contributed by atoms with Gasteiger partial charge in [0.15, 0.2) is 0 Å². The van der Waals surface area contributed by atoms with Crippen LogP contribution in [0.2, 0.25) is 0 Å². The first-order chi connectivity index (χ1) is 7.84. The number of nitrogens with zero attached hydrogens (tertiary/aromatic N) is 2. The van der Waals surface area contributed by atoms with Crippen LogP contribution in [0.3, 0.4) is 0 Å². The van der Waals surface area contributed by atoms with Gasteiger partial charge in [0.05, 0.1) is 0 Å². The van der Waals surface area contributed by atoms with Crippen LogP contribution < -0.4 is 5.32 Å². The number of amides is 1. The summed E-state index contributed by atoms with van der Waals surface area (Å²) >= 11 is 0. The molecule has 0 aromatic carbocycles. The van der Waals surface area contributed by atoms with E-state index in [1.54, 1.807) is 24.8 Å². The molecule has 0 spiro atoms. The van der Waals surface area contributed by atoms with Crippen molar-refractivity contribution in [3.63, 3.8) is 0 Å². The van der Waals surface area contributed by atoms with Crippen LogP contribution in [0, 0.1) is 0 Å². The number of rotatable bonds is 4. The number of pyridine rings is 1. The van der Waals surface area contributed by atoms with Crippen LogP contribution in [0.5, 0.6) is 0 Å². The second-order valence-electron chi connectivity index (χ2n) is 3.35. The molecule has 0 aliphatic carbocycles. The fourth-order valence-corrected chi connectivity index (χ4v) is 1.33. The number of aromatic amines is 1. The molecule has 0 atom stereocenters. The molecule has 5 heteroatoms. The Balaban J connectivity index is 1.80. The fourth-order valence-electron chi connectivity index (χ4n) is 1.33. The van der Waals surface area contributed by atoms with E-state index >= 15 is 0 Å². The third kappa shape index (κ3) is 2.91. The molecule has 0 bridgehead atoms. The van der Waals surface area contributed by atoms with Crippen LogP contribution >= 0.6 is 0 Å². The van der Waals surface area contributed by atoms with Gasteiger partial charge in [0.1, 0.15) is 0 Å². The van der Waals surface area contributed by atoms with Gasteiger partial charge >= 0.3 is 0 Å². The highest BCUT2D eigenvalue weighted by molar-refractivity contribution is 5.88. The maximum absolute atomic E-state index is 11.5. The molecule has 0 saturated heterocycles. The lowest BCUT2D eigenvalue weighted by Crippen LogP contribution is -2.13. The first-order valence-electron chi connectivity index (χ1n) is 5.03. The average Bonchev–Trinajstić information content (AvgIpc) is 2.81. The highest BCUT2D eigenvalue weighted by atomic mass is 16.1. The van der Waals surface area contributed by atoms with E-state index in [0.717, 1.165) is 5.56 Å². The Bertz CT molecular complexity index is 438. The molecule has 2 aromatic rings. The van der Waals surface area contributed by atoms with E-state index in [-0.39, 0.29) is 5.91 Å². The minimum absolute atomic E-state index is 0.0567. The van der Waals surface area contributed by atoms with Gasteiger partial charge in [0, 0.05) is 31.2 Å². The predicted octanol–water partition coefficient (Wildman–Crippen LogP) is 1.38. The van der Waals surface area contributed by atoms with Crippen molar-refractivity contribution < 1.29 is 4.79 Å². The summed E-state index contributed by atoms with van der Waals surface area (Å²) in [6.07, 6.45) is 7.84. The smallest absolute Gasteiger partial charge is 0.227 e. The van der Waals surface area contributed by atoms with Gasteiger partial charge in [0.25, 0.3) is 0 Å². The number of hydrogen-bond acceptors (Lipinski definition) is 3. The molecule has 1 amide bonds. The minimum atomic E-state index is -0.0567. The number of hydrogen-bond donors (Lipinski definition) is 2. The normalized spacial score (nSPS) is 10.0. The van der Waals surface area contributed by atoms with Crippen molar-refractivity contribution in [2.24, 2.45) is 0 Å². The van der Waals surface area contributed by atoms with E-state index in [4.69, 9.17) is 0 Å². The van der Waals surface area contributed by atoms with Gasteiger partial charge in [0.2, 0.25) is 11.9 Å². The number of anilines is 1. The van der Waals surface area contributed by atoms with Crippen LogP contribution in [0.15, 0.2) is 36.9 Å². The van der Waals surface area contributed by atoms with Crippen LogP contribution in [-0.4, -0.2) is 20.9 Å². The maximum atomic E-state index is 11.5. The molecule has 0 aliphatic heterocycles. The van der Waals surface area contributed by atoms with E-state index < -0.39 is 0 Å². The number of aromatic nitrogens is 3. The molecule has 0 unspecified atom stereocenters. The maximum Gasteiger partial charge on any atom is 0.227 e. The van der Waals surface area contributed by atoms with E-state index in [1.807, 2.05) is 12.1 Å². The van der Waals surface area contributed by atoms with Crippen molar-refractivity contribution in [2.45, 2.75) is 12.8 Å². The lowest BCUT2D eigenvalue weighted by Gasteiger charge is -2.01. The molecule has 0 saturated carbocycles. The molecule has 16 heavy (non-hydrogen) atoms. The first-order valence-corrected chi connectivity index (χ1v) is 5.03. The zero-order valence-electron chi connectivity index (χ0n) is 8.68. The van der Waals surface area contributed by atoms with Crippen LogP contribution in [0.25, 0.3) is 0 Å². The highest BCUT2D eigenvalue weighted by Gasteiger charge is 2.03. The third-order valence-corrected chi connectivity index (χ3v) is 2.12. The molecule has 0 radical (unpaired) electrons. The lowest BCUT2D eigenvalue weighted by atomic mass is 10.1. The standard InChI is InChI=1S/C11H12N4O/c16-10(15-11-13-6-7-14-11)4-3-9-2-1-5-12-8-9/h1-2,5-8H,3-4H2,(H2,13,14,15,16). The summed E-state index contributed by atoms with van der Waals surface area (Å²) in [5.74, 6) is 0.426. The third-order valence-electron chi connectivity index (χ3n) is 2.12. The topological polar surface area (TPSA) is 70.7 Å². The van der Waals surface area contributed by atoms with E-state index in [9.17, 15) is 4.79 Å². The molecule has 0 aliphatic rings. The molecule has 82 valence electrons. The van der Waals surface area contributed by atoms with Gasteiger partial charge in [-0.25, -0.2) is 4.98 Å². The Morgan fingerprint density at radius 3 is 3.06 bits per heavy atom. The van der Waals surface area contributed by atoms with Gasteiger partial charge in [-0.1, -0.05) is 6.07 Å². The average molecular weight is 216 g/mol. The number of nitrogens with one attached hydrogen (secondary N) is 2. The van der Waals surface area contributed by atoms with Crippen molar-refractivity contribution in [1.82, 2.24) is 15.0 Å². The van der Waals surface area contributed by atoms with Crippen LogP contribution in [0.1, 0.15) is 12.0 Å². The van der Waals surface area contributed by atoms with Gasteiger partial charge in [-0.3, -0.25) is 15.1 Å². The summed E-state index contributed by atoms with van der Waals surface area (Å²) < 4.78 is 0. The van der Waals surface area contributed by atoms with Gasteiger partial charge in [-0.2, -0.15) is 0 Å². The Morgan fingerprint density at radius 1 is 1.44 bits per heavy atom. The van der Waals surface area contributed by atoms with Crippen molar-refractivity contribution in [3.8, 4) is 0 Å². The molecule has 0 fully saturated rings. The van der Waals surface area contributed by atoms with E-state index in [1.165, 1.54) is 0 Å². The Morgan fingerprint density at radius 2 is 2.38 bits per heavy atom. The van der Waals surface area contributed by atoms with Crippen LogP contribution in [0.4, 0.5) is 5.95 Å². The second kappa shape index (κ2) is 5.06. The zero-order valence-corrected chi connectivity index (χ0v) is 8.68. The minimum Gasteiger partial charge on any atom is -0.331 e. The number of H-pyrrole nitrogens is 1. The quantitative estimate of drug-likeness (QED) is 0.811. The molecular formula is C11H12N4O. The number of imidazole rings is 1. The Hall–Kier alpha value is -2.17. The van der Waals surface area contributed by atoms with Gasteiger partial charge in [-0.15, -0.1) is 0 Å². The molecule has 5 nitrogen and oxygen atoms in total. The summed E-state index contributed by atoms with van der Waals surface area (Å²) in [5.41, 5.74) is 1.05. The van der Waals surface area contributed by atoms with Crippen LogP contribution in [-0.2, 0) is 11.2 Å². The molecule has 2 rings (SSSR count). The predicted molar refractivity (Wildman–Crippen MR) is 59.8 cm³/mol.